The Bertz CT molecular complexity index is 931. The predicted octanol–water partition coefficient (Wildman–Crippen LogP) is 4.34. The van der Waals surface area contributed by atoms with Crippen LogP contribution in [0.5, 0.6) is 0 Å². The van der Waals surface area contributed by atoms with Gasteiger partial charge in [0.25, 0.3) is 0 Å². The fourth-order valence-corrected chi connectivity index (χ4v) is 3.41. The second-order valence-electron chi connectivity index (χ2n) is 5.99. The van der Waals surface area contributed by atoms with E-state index >= 15 is 0 Å². The first-order chi connectivity index (χ1) is 13.1. The van der Waals surface area contributed by atoms with Gasteiger partial charge in [0.1, 0.15) is 5.01 Å². The van der Waals surface area contributed by atoms with Gasteiger partial charge < -0.3 is 10.1 Å². The molecule has 0 radical (unpaired) electrons. The molecular weight excluding hydrogens is 360 g/mol. The summed E-state index contributed by atoms with van der Waals surface area (Å²) >= 11 is 1.53. The highest BCUT2D eigenvalue weighted by molar-refractivity contribution is 7.13. The lowest BCUT2D eigenvalue weighted by Crippen LogP contribution is -2.14. The fourth-order valence-electron chi connectivity index (χ4n) is 2.58. The molecule has 1 heterocycles. The van der Waals surface area contributed by atoms with Crippen LogP contribution in [-0.2, 0) is 22.4 Å². The van der Waals surface area contributed by atoms with Crippen molar-refractivity contribution >= 4 is 28.9 Å². The molecule has 0 aliphatic carbocycles. The van der Waals surface area contributed by atoms with Crippen molar-refractivity contribution in [3.63, 3.8) is 0 Å². The number of nitrogens with zero attached hydrogens (tertiary/aromatic N) is 1. The highest BCUT2D eigenvalue weighted by Crippen LogP contribution is 2.24. The number of rotatable bonds is 6. The Labute approximate surface area is 162 Å². The van der Waals surface area contributed by atoms with Crippen molar-refractivity contribution in [2.24, 2.45) is 0 Å². The molecule has 0 fully saturated rings. The van der Waals surface area contributed by atoms with Crippen LogP contribution in [0.25, 0.3) is 10.6 Å². The Hall–Kier alpha value is -2.99. The van der Waals surface area contributed by atoms with E-state index in [9.17, 15) is 9.59 Å². The molecule has 5 nitrogen and oxygen atoms in total. The second-order valence-corrected chi connectivity index (χ2v) is 6.85. The predicted molar refractivity (Wildman–Crippen MR) is 107 cm³/mol. The summed E-state index contributed by atoms with van der Waals surface area (Å²) in [5.74, 6) is -0.561. The summed E-state index contributed by atoms with van der Waals surface area (Å²) in [6.45, 7) is 2.12. The van der Waals surface area contributed by atoms with E-state index in [0.717, 1.165) is 22.7 Å². The first kappa shape index (κ1) is 18.8. The van der Waals surface area contributed by atoms with Crippen molar-refractivity contribution in [3.05, 3.63) is 70.7 Å². The number of amides is 1. The molecule has 138 valence electrons. The molecule has 0 atom stereocenters. The highest BCUT2D eigenvalue weighted by atomic mass is 32.1. The van der Waals surface area contributed by atoms with Crippen LogP contribution in [0.1, 0.15) is 28.5 Å². The van der Waals surface area contributed by atoms with Gasteiger partial charge in [-0.1, -0.05) is 31.2 Å². The lowest BCUT2D eigenvalue weighted by molar-refractivity contribution is -0.115. The third kappa shape index (κ3) is 4.80. The van der Waals surface area contributed by atoms with Crippen LogP contribution < -0.4 is 5.32 Å². The first-order valence-corrected chi connectivity index (χ1v) is 9.49. The van der Waals surface area contributed by atoms with E-state index in [2.05, 4.69) is 46.2 Å². The van der Waals surface area contributed by atoms with E-state index in [-0.39, 0.29) is 12.3 Å². The molecular formula is C21H20N2O3S. The molecule has 1 amide bonds. The zero-order chi connectivity index (χ0) is 19.2. The van der Waals surface area contributed by atoms with Gasteiger partial charge >= 0.3 is 5.97 Å². The number of ether oxygens (including phenoxy) is 1. The van der Waals surface area contributed by atoms with Crippen LogP contribution in [-0.4, -0.2) is 24.0 Å². The lowest BCUT2D eigenvalue weighted by Gasteiger charge is -2.05. The summed E-state index contributed by atoms with van der Waals surface area (Å²) in [7, 11) is 1.33. The molecule has 0 spiro atoms. The van der Waals surface area contributed by atoms with Crippen LogP contribution >= 0.6 is 11.3 Å². The number of nitrogens with one attached hydrogen (secondary N) is 1. The third-order valence-electron chi connectivity index (χ3n) is 4.09. The molecule has 27 heavy (non-hydrogen) atoms. The summed E-state index contributed by atoms with van der Waals surface area (Å²) in [4.78, 5) is 28.2. The van der Waals surface area contributed by atoms with Crippen LogP contribution in [0.2, 0.25) is 0 Å². The van der Waals surface area contributed by atoms with Gasteiger partial charge in [-0.2, -0.15) is 0 Å². The maximum Gasteiger partial charge on any atom is 0.337 e. The Morgan fingerprint density at radius 2 is 1.78 bits per heavy atom. The largest absolute Gasteiger partial charge is 0.465 e. The number of methoxy groups -OCH3 is 1. The molecule has 0 unspecified atom stereocenters. The molecule has 0 saturated heterocycles. The maximum absolute atomic E-state index is 12.2. The van der Waals surface area contributed by atoms with Gasteiger partial charge in [-0.15, -0.1) is 11.3 Å². The molecule has 3 rings (SSSR count). The van der Waals surface area contributed by atoms with Crippen molar-refractivity contribution in [1.29, 1.82) is 0 Å². The Morgan fingerprint density at radius 1 is 1.07 bits per heavy atom. The van der Waals surface area contributed by atoms with E-state index in [4.69, 9.17) is 0 Å². The lowest BCUT2D eigenvalue weighted by atomic mass is 10.1. The van der Waals surface area contributed by atoms with Crippen LogP contribution in [0.3, 0.4) is 0 Å². The number of hydrogen-bond acceptors (Lipinski definition) is 5. The minimum absolute atomic E-state index is 0.154. The first-order valence-electron chi connectivity index (χ1n) is 8.61. The second kappa shape index (κ2) is 8.60. The SMILES string of the molecule is CCc1ccc(-c2nc(CC(=O)Nc3ccc(C(=O)OC)cc3)cs2)cc1. The minimum atomic E-state index is -0.408. The molecule has 6 heteroatoms. The number of carbonyl (C=O) groups is 2. The van der Waals surface area contributed by atoms with Gasteiger partial charge in [0, 0.05) is 16.6 Å². The van der Waals surface area contributed by atoms with E-state index < -0.39 is 5.97 Å². The van der Waals surface area contributed by atoms with E-state index in [1.165, 1.54) is 24.0 Å². The molecule has 1 aromatic heterocycles. The average molecular weight is 380 g/mol. The molecule has 1 N–H and O–H groups in total. The number of aromatic nitrogens is 1. The molecule has 2 aromatic carbocycles. The Morgan fingerprint density at radius 3 is 2.41 bits per heavy atom. The zero-order valence-corrected chi connectivity index (χ0v) is 16.0. The normalized spacial score (nSPS) is 10.4. The van der Waals surface area contributed by atoms with Gasteiger partial charge in [-0.05, 0) is 36.2 Å². The van der Waals surface area contributed by atoms with Gasteiger partial charge in [0.2, 0.25) is 5.91 Å². The van der Waals surface area contributed by atoms with Crippen molar-refractivity contribution < 1.29 is 14.3 Å². The molecule has 3 aromatic rings. The maximum atomic E-state index is 12.2. The number of esters is 1. The van der Waals surface area contributed by atoms with Crippen molar-refractivity contribution in [1.82, 2.24) is 4.98 Å². The number of carbonyl (C=O) groups excluding carboxylic acids is 2. The van der Waals surface area contributed by atoms with Crippen molar-refractivity contribution in [2.75, 3.05) is 12.4 Å². The van der Waals surface area contributed by atoms with E-state index in [1.54, 1.807) is 24.3 Å². The van der Waals surface area contributed by atoms with Gasteiger partial charge in [-0.25, -0.2) is 9.78 Å². The Kier molecular flexibility index (Phi) is 5.98. The van der Waals surface area contributed by atoms with Crippen molar-refractivity contribution in [2.45, 2.75) is 19.8 Å². The number of thiazole rings is 1. The van der Waals surface area contributed by atoms with Gasteiger partial charge in [-0.3, -0.25) is 4.79 Å². The third-order valence-corrected chi connectivity index (χ3v) is 5.03. The van der Waals surface area contributed by atoms with Crippen LogP contribution in [0.4, 0.5) is 5.69 Å². The summed E-state index contributed by atoms with van der Waals surface area (Å²) < 4.78 is 4.65. The van der Waals surface area contributed by atoms with E-state index in [0.29, 0.717) is 11.3 Å². The Balaban J connectivity index is 1.61. The van der Waals surface area contributed by atoms with Crippen LogP contribution in [0, 0.1) is 0 Å². The van der Waals surface area contributed by atoms with Crippen LogP contribution in [0.15, 0.2) is 53.9 Å². The van der Waals surface area contributed by atoms with Gasteiger partial charge in [0.05, 0.1) is 24.8 Å². The highest BCUT2D eigenvalue weighted by Gasteiger charge is 2.10. The summed E-state index contributed by atoms with van der Waals surface area (Å²) in [5.41, 5.74) is 4.14. The van der Waals surface area contributed by atoms with E-state index in [1.807, 2.05) is 5.38 Å². The monoisotopic (exact) mass is 380 g/mol. The number of benzene rings is 2. The average Bonchev–Trinajstić information content (AvgIpc) is 3.16. The quantitative estimate of drug-likeness (QED) is 0.646. The molecule has 0 saturated carbocycles. The zero-order valence-electron chi connectivity index (χ0n) is 15.2. The summed E-state index contributed by atoms with van der Waals surface area (Å²) in [6.07, 6.45) is 1.20. The number of aryl methyl sites for hydroxylation is 1. The van der Waals surface area contributed by atoms with Crippen molar-refractivity contribution in [3.8, 4) is 10.6 Å². The molecule has 0 aliphatic rings. The molecule has 0 bridgehead atoms. The fraction of sp³-hybridized carbons (Fsp3) is 0.190. The number of anilines is 1. The topological polar surface area (TPSA) is 68.3 Å². The standard InChI is InChI=1S/C21H20N2O3S/c1-3-14-4-6-15(7-5-14)20-23-18(13-27-20)12-19(24)22-17-10-8-16(9-11-17)21(25)26-2/h4-11,13H,3,12H2,1-2H3,(H,22,24). The molecule has 0 aliphatic heterocycles. The number of hydrogen-bond donors (Lipinski definition) is 1. The summed E-state index contributed by atoms with van der Waals surface area (Å²) in [5, 5.41) is 5.62. The summed E-state index contributed by atoms with van der Waals surface area (Å²) in [6, 6.07) is 14.9. The van der Waals surface area contributed by atoms with Gasteiger partial charge in [0.15, 0.2) is 0 Å². The smallest absolute Gasteiger partial charge is 0.337 e. The minimum Gasteiger partial charge on any atom is -0.465 e.